The number of nitrogens with one attached hydrogen (secondary N) is 2. The average molecular weight is 416 g/mol. The Morgan fingerprint density at radius 3 is 2.61 bits per heavy atom. The lowest BCUT2D eigenvalue weighted by Gasteiger charge is -2.10. The van der Waals surface area contributed by atoms with Crippen LogP contribution in [0.2, 0.25) is 5.02 Å². The fourth-order valence-electron chi connectivity index (χ4n) is 2.89. The number of halogens is 1. The van der Waals surface area contributed by atoms with E-state index < -0.39 is 0 Å². The minimum Gasteiger partial charge on any atom is -0.352 e. The highest BCUT2D eigenvalue weighted by Gasteiger charge is 2.11. The van der Waals surface area contributed by atoms with E-state index in [0.717, 1.165) is 12.0 Å². The molecular formula is C21H22ClN3O2S. The number of rotatable bonds is 6. The fourth-order valence-corrected chi connectivity index (χ4v) is 3.27. The van der Waals surface area contributed by atoms with Crippen LogP contribution in [0, 0.1) is 10.7 Å². The second-order valence-corrected chi connectivity index (χ2v) is 7.97. The van der Waals surface area contributed by atoms with Gasteiger partial charge in [0.15, 0.2) is 4.77 Å². The van der Waals surface area contributed by atoms with Gasteiger partial charge in [0, 0.05) is 17.1 Å². The number of carbonyl (C=O) groups is 1. The Morgan fingerprint density at radius 2 is 1.93 bits per heavy atom. The standard InChI is InChI=1S/C21H22ClN3O2S/c1-13(2)9-10-23-19(26)15-5-8-17-18(11-15)24-21(28)25(20(17)27)12-14-3-6-16(22)7-4-14/h3-8,11,13H,9-10,12H2,1-2H3,(H,23,26)(H,24,28). The molecule has 28 heavy (non-hydrogen) atoms. The van der Waals surface area contributed by atoms with Crippen molar-refractivity contribution in [3.63, 3.8) is 0 Å². The fraction of sp³-hybridized carbons (Fsp3) is 0.286. The molecule has 0 saturated carbocycles. The molecule has 0 aliphatic heterocycles. The highest BCUT2D eigenvalue weighted by molar-refractivity contribution is 7.71. The molecule has 0 radical (unpaired) electrons. The van der Waals surface area contributed by atoms with Crippen molar-refractivity contribution in [3.05, 3.63) is 73.7 Å². The van der Waals surface area contributed by atoms with E-state index >= 15 is 0 Å². The molecular weight excluding hydrogens is 394 g/mol. The highest BCUT2D eigenvalue weighted by atomic mass is 35.5. The van der Waals surface area contributed by atoms with E-state index in [4.69, 9.17) is 23.8 Å². The zero-order valence-corrected chi connectivity index (χ0v) is 17.4. The van der Waals surface area contributed by atoms with Gasteiger partial charge in [-0.15, -0.1) is 0 Å². The Hall–Kier alpha value is -2.44. The summed E-state index contributed by atoms with van der Waals surface area (Å²) in [6.07, 6.45) is 0.914. The smallest absolute Gasteiger partial charge is 0.262 e. The molecule has 0 spiro atoms. The molecule has 0 atom stereocenters. The van der Waals surface area contributed by atoms with Gasteiger partial charge in [-0.25, -0.2) is 0 Å². The molecule has 7 heteroatoms. The molecule has 1 aromatic heterocycles. The van der Waals surface area contributed by atoms with Crippen molar-refractivity contribution < 1.29 is 4.79 Å². The van der Waals surface area contributed by atoms with Crippen LogP contribution >= 0.6 is 23.8 Å². The lowest BCUT2D eigenvalue weighted by atomic mass is 10.1. The third kappa shape index (κ3) is 4.69. The van der Waals surface area contributed by atoms with E-state index in [1.165, 1.54) is 4.57 Å². The molecule has 0 bridgehead atoms. The van der Waals surface area contributed by atoms with Gasteiger partial charge < -0.3 is 10.3 Å². The largest absolute Gasteiger partial charge is 0.352 e. The normalized spacial score (nSPS) is 11.1. The van der Waals surface area contributed by atoms with E-state index in [1.807, 2.05) is 12.1 Å². The predicted octanol–water partition coefficient (Wildman–Crippen LogP) is 4.54. The number of benzene rings is 2. The maximum Gasteiger partial charge on any atom is 0.262 e. The summed E-state index contributed by atoms with van der Waals surface area (Å²) >= 11 is 11.3. The number of amides is 1. The molecule has 1 heterocycles. The van der Waals surface area contributed by atoms with E-state index in [2.05, 4.69) is 24.1 Å². The molecule has 0 saturated heterocycles. The number of aromatic nitrogens is 2. The van der Waals surface area contributed by atoms with Gasteiger partial charge in [-0.05, 0) is 60.5 Å². The lowest BCUT2D eigenvalue weighted by molar-refractivity contribution is 0.0952. The van der Waals surface area contributed by atoms with Crippen molar-refractivity contribution in [2.45, 2.75) is 26.8 Å². The minimum atomic E-state index is -0.194. The summed E-state index contributed by atoms with van der Waals surface area (Å²) in [5.74, 6) is 0.360. The number of carbonyl (C=O) groups excluding carboxylic acids is 1. The van der Waals surface area contributed by atoms with Crippen LogP contribution in [0.3, 0.4) is 0 Å². The molecule has 2 N–H and O–H groups in total. The van der Waals surface area contributed by atoms with Crippen molar-refractivity contribution in [2.24, 2.45) is 5.92 Å². The predicted molar refractivity (Wildman–Crippen MR) is 116 cm³/mol. The number of hydrogen-bond donors (Lipinski definition) is 2. The number of aromatic amines is 1. The molecule has 2 aromatic carbocycles. The van der Waals surface area contributed by atoms with Crippen LogP contribution in [0.25, 0.3) is 10.9 Å². The van der Waals surface area contributed by atoms with Crippen molar-refractivity contribution in [1.29, 1.82) is 0 Å². The first-order chi connectivity index (χ1) is 13.3. The van der Waals surface area contributed by atoms with Crippen LogP contribution in [0.1, 0.15) is 36.2 Å². The van der Waals surface area contributed by atoms with Crippen LogP contribution in [-0.4, -0.2) is 22.0 Å². The van der Waals surface area contributed by atoms with Crippen molar-refractivity contribution >= 4 is 40.6 Å². The van der Waals surface area contributed by atoms with Crippen LogP contribution in [-0.2, 0) is 6.54 Å². The van der Waals surface area contributed by atoms with E-state index in [9.17, 15) is 9.59 Å². The van der Waals surface area contributed by atoms with Crippen molar-refractivity contribution in [3.8, 4) is 0 Å². The van der Waals surface area contributed by atoms with Crippen molar-refractivity contribution in [2.75, 3.05) is 6.54 Å². The van der Waals surface area contributed by atoms with Crippen LogP contribution in [0.15, 0.2) is 47.3 Å². The summed E-state index contributed by atoms with van der Waals surface area (Å²) < 4.78 is 1.81. The summed E-state index contributed by atoms with van der Waals surface area (Å²) in [4.78, 5) is 28.3. The summed E-state index contributed by atoms with van der Waals surface area (Å²) in [7, 11) is 0. The third-order valence-electron chi connectivity index (χ3n) is 4.51. The molecule has 3 aromatic rings. The zero-order valence-electron chi connectivity index (χ0n) is 15.8. The first kappa shape index (κ1) is 20.3. The second kappa shape index (κ2) is 8.71. The van der Waals surface area contributed by atoms with Gasteiger partial charge in [-0.2, -0.15) is 0 Å². The third-order valence-corrected chi connectivity index (χ3v) is 5.08. The molecule has 0 fully saturated rings. The SMILES string of the molecule is CC(C)CCNC(=O)c1ccc2c(=O)n(Cc3ccc(Cl)cc3)c(=S)[nH]c2c1. The first-order valence-corrected chi connectivity index (χ1v) is 9.93. The van der Waals surface area contributed by atoms with Crippen LogP contribution in [0.4, 0.5) is 0 Å². The Labute approximate surface area is 173 Å². The monoisotopic (exact) mass is 415 g/mol. The molecule has 146 valence electrons. The summed E-state index contributed by atoms with van der Waals surface area (Å²) in [6.45, 7) is 5.18. The molecule has 0 unspecified atom stereocenters. The lowest BCUT2D eigenvalue weighted by Crippen LogP contribution is -2.26. The molecule has 3 rings (SSSR count). The van der Waals surface area contributed by atoms with Gasteiger partial charge in [0.05, 0.1) is 17.4 Å². The molecule has 0 aliphatic rings. The topological polar surface area (TPSA) is 66.9 Å². The number of H-pyrrole nitrogens is 1. The Morgan fingerprint density at radius 1 is 1.21 bits per heavy atom. The minimum absolute atomic E-state index is 0.160. The number of hydrogen-bond acceptors (Lipinski definition) is 3. The molecule has 5 nitrogen and oxygen atoms in total. The summed E-state index contributed by atoms with van der Waals surface area (Å²) in [5, 5.41) is 4.03. The van der Waals surface area contributed by atoms with E-state index in [-0.39, 0.29) is 11.5 Å². The zero-order chi connectivity index (χ0) is 20.3. The van der Waals surface area contributed by atoms with Crippen LogP contribution < -0.4 is 10.9 Å². The maximum atomic E-state index is 12.9. The van der Waals surface area contributed by atoms with Gasteiger partial charge in [0.2, 0.25) is 0 Å². The molecule has 1 amide bonds. The van der Waals surface area contributed by atoms with Crippen LogP contribution in [0.5, 0.6) is 0 Å². The van der Waals surface area contributed by atoms with E-state index in [1.54, 1.807) is 30.3 Å². The molecule has 0 aliphatic carbocycles. The van der Waals surface area contributed by atoms with Gasteiger partial charge in [0.1, 0.15) is 0 Å². The number of fused-ring (bicyclic) bond motifs is 1. The van der Waals surface area contributed by atoms with Gasteiger partial charge in [0.25, 0.3) is 11.5 Å². The Bertz CT molecular complexity index is 1120. The van der Waals surface area contributed by atoms with E-state index in [0.29, 0.717) is 45.3 Å². The first-order valence-electron chi connectivity index (χ1n) is 9.14. The second-order valence-electron chi connectivity index (χ2n) is 7.15. The quantitative estimate of drug-likeness (QED) is 0.581. The highest BCUT2D eigenvalue weighted by Crippen LogP contribution is 2.13. The average Bonchev–Trinajstić information content (AvgIpc) is 2.65. The van der Waals surface area contributed by atoms with Crippen molar-refractivity contribution in [1.82, 2.24) is 14.9 Å². The Kier molecular flexibility index (Phi) is 6.31. The van der Waals surface area contributed by atoms with Gasteiger partial charge in [-0.3, -0.25) is 14.2 Å². The summed E-state index contributed by atoms with van der Waals surface area (Å²) in [5.41, 5.74) is 1.78. The number of nitrogens with zero attached hydrogens (tertiary/aromatic N) is 1. The summed E-state index contributed by atoms with van der Waals surface area (Å²) in [6, 6.07) is 12.3. The Balaban J connectivity index is 1.90. The maximum absolute atomic E-state index is 12.9. The van der Waals surface area contributed by atoms with Gasteiger partial charge in [-0.1, -0.05) is 37.6 Å². The van der Waals surface area contributed by atoms with Gasteiger partial charge >= 0.3 is 0 Å².